The van der Waals surface area contributed by atoms with Crippen LogP contribution >= 0.6 is 0 Å². The second-order valence-electron chi connectivity index (χ2n) is 12.3. The zero-order valence-electron chi connectivity index (χ0n) is 27.2. The van der Waals surface area contributed by atoms with Gasteiger partial charge in [-0.15, -0.1) is 0 Å². The number of carbonyl (C=O) groups excluding carboxylic acids is 1. The quantitative estimate of drug-likeness (QED) is 0.0882. The molecule has 0 saturated heterocycles. The van der Waals surface area contributed by atoms with Gasteiger partial charge in [0.15, 0.2) is 15.6 Å². The Hall–Kier alpha value is -3.33. The number of benzene rings is 4. The van der Waals surface area contributed by atoms with Crippen LogP contribution in [-0.2, 0) is 26.4 Å². The van der Waals surface area contributed by atoms with E-state index in [1.165, 1.54) is 25.7 Å². The lowest BCUT2D eigenvalue weighted by Crippen LogP contribution is -2.08. The lowest BCUT2D eigenvalue weighted by atomic mass is 9.90. The molecule has 6 nitrogen and oxygen atoms in total. The first-order chi connectivity index (χ1) is 21.1. The topological polar surface area (TPSA) is 106 Å². The Bertz CT molecular complexity index is 1970. The fourth-order valence-corrected chi connectivity index (χ4v) is 8.08. The van der Waals surface area contributed by atoms with E-state index in [1.54, 1.807) is 13.0 Å². The molecule has 0 aliphatic carbocycles. The van der Waals surface area contributed by atoms with E-state index in [4.69, 9.17) is 0 Å². The summed E-state index contributed by atoms with van der Waals surface area (Å²) in [6, 6.07) is 16.8. The molecule has 4 rings (SSSR count). The molecule has 0 unspecified atom stereocenters. The number of ketones is 1. The van der Waals surface area contributed by atoms with Crippen LogP contribution in [0.5, 0.6) is 0 Å². The number of carbonyl (C=O) groups is 1. The number of unbranched alkanes of at least 4 members (excludes halogenated alkanes) is 5. The summed E-state index contributed by atoms with van der Waals surface area (Å²) < 4.78 is 59.4. The summed E-state index contributed by atoms with van der Waals surface area (Å²) in [5.74, 6) is 0.203. The van der Waals surface area contributed by atoms with Crippen molar-refractivity contribution in [2.45, 2.75) is 95.8 Å². The predicted octanol–water partition coefficient (Wildman–Crippen LogP) is 8.91. The molecule has 0 amide bonds. The van der Waals surface area contributed by atoms with E-state index in [9.17, 15) is 26.2 Å². The van der Waals surface area contributed by atoms with Crippen LogP contribution in [0, 0.1) is 27.7 Å². The van der Waals surface area contributed by atoms with E-state index < -0.39 is 24.9 Å². The Kier molecular flexibility index (Phi) is 10.7. The smallest absolute Gasteiger partial charge is 0.294 e. The zero-order valence-corrected chi connectivity index (χ0v) is 28.8. The zero-order chi connectivity index (χ0) is 33.1. The predicted molar refractivity (Wildman–Crippen MR) is 183 cm³/mol. The van der Waals surface area contributed by atoms with Crippen molar-refractivity contribution in [1.29, 1.82) is 0 Å². The van der Waals surface area contributed by atoms with E-state index in [0.717, 1.165) is 69.7 Å². The van der Waals surface area contributed by atoms with Gasteiger partial charge in [0.2, 0.25) is 0 Å². The minimum Gasteiger partial charge on any atom is -0.294 e. The standard InChI is InChI=1S/C37H44O6S2/c1-7-8-9-10-11-12-13-34(38)32-18-17-31(21-25(32)3)30-15-14-28(24(2)20-30)22-29-16-19-33-36(45(41,42)43)23-35(44(6,39)40)27(5)37(33)26(29)4/h14-21,23H,7-13,22H2,1-6H3,(H,41,42,43). The summed E-state index contributed by atoms with van der Waals surface area (Å²) in [5, 5.41) is 0.805. The van der Waals surface area contributed by atoms with Crippen LogP contribution in [0.4, 0.5) is 0 Å². The van der Waals surface area contributed by atoms with E-state index in [-0.39, 0.29) is 10.7 Å². The third kappa shape index (κ3) is 7.91. The molecule has 8 heteroatoms. The molecular formula is C37H44O6S2. The van der Waals surface area contributed by atoms with Gasteiger partial charge in [-0.3, -0.25) is 9.35 Å². The second-order valence-corrected chi connectivity index (χ2v) is 15.7. The van der Waals surface area contributed by atoms with Gasteiger partial charge in [0, 0.05) is 23.6 Å². The third-order valence-corrected chi connectivity index (χ3v) is 11.0. The van der Waals surface area contributed by atoms with Crippen LogP contribution in [0.3, 0.4) is 0 Å². The Morgan fingerprint density at radius 1 is 0.689 bits per heavy atom. The molecule has 4 aromatic carbocycles. The molecule has 240 valence electrons. The first-order valence-corrected chi connectivity index (χ1v) is 18.9. The van der Waals surface area contributed by atoms with E-state index in [0.29, 0.717) is 29.2 Å². The van der Waals surface area contributed by atoms with Crippen molar-refractivity contribution in [2.24, 2.45) is 0 Å². The molecule has 0 atom stereocenters. The largest absolute Gasteiger partial charge is 0.295 e. The van der Waals surface area contributed by atoms with Gasteiger partial charge in [-0.05, 0) is 96.5 Å². The average Bonchev–Trinajstić information content (AvgIpc) is 2.95. The van der Waals surface area contributed by atoms with Crippen LogP contribution in [0.2, 0.25) is 0 Å². The minimum absolute atomic E-state index is 0.117. The Labute approximate surface area is 268 Å². The van der Waals surface area contributed by atoms with Gasteiger partial charge in [0.25, 0.3) is 10.1 Å². The summed E-state index contributed by atoms with van der Waals surface area (Å²) >= 11 is 0. The third-order valence-electron chi connectivity index (χ3n) is 8.87. The highest BCUT2D eigenvalue weighted by Gasteiger charge is 2.24. The van der Waals surface area contributed by atoms with E-state index in [2.05, 4.69) is 31.2 Å². The van der Waals surface area contributed by atoms with Gasteiger partial charge < -0.3 is 0 Å². The molecule has 0 aromatic heterocycles. The van der Waals surface area contributed by atoms with Crippen LogP contribution in [-0.4, -0.2) is 33.4 Å². The molecule has 0 radical (unpaired) electrons. The average molecular weight is 649 g/mol. The Morgan fingerprint density at radius 2 is 1.29 bits per heavy atom. The molecule has 0 spiro atoms. The Balaban J connectivity index is 1.60. The number of sulfone groups is 1. The summed E-state index contributed by atoms with van der Waals surface area (Å²) in [5.41, 5.74) is 8.17. The molecule has 45 heavy (non-hydrogen) atoms. The van der Waals surface area contributed by atoms with Gasteiger partial charge in [0.05, 0.1) is 4.90 Å². The number of rotatable bonds is 13. The molecule has 4 aromatic rings. The fraction of sp³-hybridized carbons (Fsp3) is 0.378. The molecule has 1 N–H and O–H groups in total. The fourth-order valence-electron chi connectivity index (χ4n) is 6.30. The number of fused-ring (bicyclic) bond motifs is 1. The monoisotopic (exact) mass is 648 g/mol. The molecule has 0 bridgehead atoms. The van der Waals surface area contributed by atoms with Crippen LogP contribution in [0.25, 0.3) is 21.9 Å². The van der Waals surface area contributed by atoms with Gasteiger partial charge in [0.1, 0.15) is 4.90 Å². The van der Waals surface area contributed by atoms with Crippen molar-refractivity contribution >= 4 is 36.5 Å². The molecule has 0 aliphatic rings. The second kappa shape index (κ2) is 14.0. The van der Waals surface area contributed by atoms with E-state index in [1.807, 2.05) is 39.0 Å². The van der Waals surface area contributed by atoms with Gasteiger partial charge >= 0.3 is 0 Å². The maximum Gasteiger partial charge on any atom is 0.295 e. The summed E-state index contributed by atoms with van der Waals surface area (Å²) in [7, 11) is -8.41. The van der Waals surface area contributed by atoms with Crippen LogP contribution in [0.1, 0.15) is 95.6 Å². The molecule has 0 fully saturated rings. The van der Waals surface area contributed by atoms with E-state index >= 15 is 0 Å². The number of Topliss-reactive ketones (excluding diaryl/α,β-unsaturated/α-hetero) is 1. The van der Waals surface area contributed by atoms with Crippen LogP contribution in [0.15, 0.2) is 64.4 Å². The van der Waals surface area contributed by atoms with Crippen molar-refractivity contribution in [3.8, 4) is 11.1 Å². The summed E-state index contributed by atoms with van der Waals surface area (Å²) in [6.45, 7) is 9.76. The molecule has 0 heterocycles. The highest BCUT2D eigenvalue weighted by molar-refractivity contribution is 7.91. The minimum atomic E-state index is -4.66. The van der Waals surface area contributed by atoms with Crippen molar-refractivity contribution in [1.82, 2.24) is 0 Å². The highest BCUT2D eigenvalue weighted by Crippen LogP contribution is 2.36. The van der Waals surface area contributed by atoms with Crippen LogP contribution < -0.4 is 0 Å². The number of hydrogen-bond acceptors (Lipinski definition) is 5. The van der Waals surface area contributed by atoms with Crippen molar-refractivity contribution in [3.63, 3.8) is 0 Å². The first-order valence-electron chi connectivity index (χ1n) is 15.6. The normalized spacial score (nSPS) is 12.2. The SMILES string of the molecule is CCCCCCCCC(=O)c1ccc(-c2ccc(Cc3ccc4c(S(=O)(=O)O)cc(S(C)(=O)=O)c(C)c4c3C)c(C)c2)cc1C. The number of hydrogen-bond donors (Lipinski definition) is 1. The molecule has 0 saturated carbocycles. The molecule has 0 aliphatic heterocycles. The van der Waals surface area contributed by atoms with Crippen molar-refractivity contribution in [2.75, 3.05) is 6.26 Å². The molecular weight excluding hydrogens is 605 g/mol. The lowest BCUT2D eigenvalue weighted by Gasteiger charge is -2.17. The maximum absolute atomic E-state index is 12.9. The van der Waals surface area contributed by atoms with Gasteiger partial charge in [-0.1, -0.05) is 87.6 Å². The summed E-state index contributed by atoms with van der Waals surface area (Å²) in [6.07, 6.45) is 9.10. The Morgan fingerprint density at radius 3 is 1.89 bits per heavy atom. The lowest BCUT2D eigenvalue weighted by molar-refractivity contribution is 0.0978. The summed E-state index contributed by atoms with van der Waals surface area (Å²) in [4.78, 5) is 12.3. The van der Waals surface area contributed by atoms with Crippen molar-refractivity contribution in [3.05, 3.63) is 93.5 Å². The maximum atomic E-state index is 12.9. The van der Waals surface area contributed by atoms with Gasteiger partial charge in [-0.2, -0.15) is 8.42 Å². The highest BCUT2D eigenvalue weighted by atomic mass is 32.2. The first kappa shape index (κ1) is 34.5. The number of aryl methyl sites for hydroxylation is 4. The van der Waals surface area contributed by atoms with Crippen molar-refractivity contribution < 1.29 is 26.2 Å². The van der Waals surface area contributed by atoms with Gasteiger partial charge in [-0.25, -0.2) is 8.42 Å².